The normalized spacial score (nSPS) is 20.2. The van der Waals surface area contributed by atoms with Gasteiger partial charge in [-0.3, -0.25) is 4.90 Å². The minimum Gasteiger partial charge on any atom is -0.582 e. The zero-order valence-corrected chi connectivity index (χ0v) is 23.1. The molecule has 7 nitrogen and oxygen atoms in total. The lowest BCUT2D eigenvalue weighted by molar-refractivity contribution is -0.843. The van der Waals surface area contributed by atoms with Gasteiger partial charge in [-0.1, -0.05) is 49.3 Å². The van der Waals surface area contributed by atoms with E-state index in [1.807, 2.05) is 0 Å². The summed E-state index contributed by atoms with van der Waals surface area (Å²) in [6.07, 6.45) is 7.21. The number of ether oxygens (including phenoxy) is 1. The van der Waals surface area contributed by atoms with Gasteiger partial charge in [0.15, 0.2) is 12.4 Å². The fourth-order valence-corrected chi connectivity index (χ4v) is 6.13. The van der Waals surface area contributed by atoms with Crippen molar-refractivity contribution in [2.75, 3.05) is 24.6 Å². The Labute approximate surface area is 230 Å². The summed E-state index contributed by atoms with van der Waals surface area (Å²) >= 11 is 0. The number of aliphatic hydroxyl groups is 1. The van der Waals surface area contributed by atoms with Gasteiger partial charge in [0.1, 0.15) is 13.1 Å². The van der Waals surface area contributed by atoms with Crippen molar-refractivity contribution in [3.63, 3.8) is 0 Å². The minimum absolute atomic E-state index is 0.135. The Balaban J connectivity index is 0.957. The Morgan fingerprint density at radius 2 is 1.77 bits per heavy atom. The van der Waals surface area contributed by atoms with Crippen molar-refractivity contribution < 1.29 is 19.0 Å². The lowest BCUT2D eigenvalue weighted by Gasteiger charge is -2.29. The van der Waals surface area contributed by atoms with Crippen LogP contribution in [0.1, 0.15) is 74.4 Å². The van der Waals surface area contributed by atoms with E-state index in [1.165, 1.54) is 22.3 Å². The van der Waals surface area contributed by atoms with Gasteiger partial charge < -0.3 is 14.2 Å². The average Bonchev–Trinajstić information content (AvgIpc) is 3.65. The number of rotatable bonds is 7. The van der Waals surface area contributed by atoms with Gasteiger partial charge in [0.05, 0.1) is 5.92 Å². The van der Waals surface area contributed by atoms with Crippen LogP contribution in [0.4, 0.5) is 6.01 Å². The Hall–Kier alpha value is -3.45. The molecule has 7 heteroatoms. The molecule has 3 aliphatic rings. The Kier molecular flexibility index (Phi) is 7.51. The molecule has 0 bridgehead atoms. The molecule has 1 aliphatic carbocycles. The molecule has 1 atom stereocenters. The van der Waals surface area contributed by atoms with Crippen LogP contribution in [0.5, 0.6) is 5.75 Å². The standard InChI is InChI=1S/C32H38N4O3/c1-22(2)30-33-32(39-34-30)35-17-15-23(16-18-35)21-38-29-13-11-25(12-14-29)24-7-9-26(10-8-24)31(37)36-19-27-5-3-4-6-28(27)20-36/h3-7,11-14,22-23,26H,8-10,15-21H2,1-2H3/p+2. The van der Waals surface area contributed by atoms with Crippen LogP contribution in [-0.2, 0) is 17.9 Å². The van der Waals surface area contributed by atoms with Crippen molar-refractivity contribution in [2.45, 2.75) is 65.0 Å². The molecule has 3 aromatic rings. The topological polar surface area (TPSA) is 76.5 Å². The number of benzene rings is 2. The fraction of sp³-hybridized carbons (Fsp3) is 0.469. The predicted molar refractivity (Wildman–Crippen MR) is 151 cm³/mol. The first kappa shape index (κ1) is 25.8. The molecule has 1 saturated heterocycles. The maximum Gasteiger partial charge on any atom is 0.324 e. The van der Waals surface area contributed by atoms with Crippen LogP contribution in [0.15, 0.2) is 59.1 Å². The number of aromatic hydroxyl groups is 1. The van der Waals surface area contributed by atoms with E-state index in [0.717, 1.165) is 81.4 Å². The molecule has 3 heterocycles. The number of nitrogens with one attached hydrogen (secondary N) is 1. The Bertz CT molecular complexity index is 1300. The number of piperidine rings is 1. The SMILES string of the molecule is CC(C)c1noc(N2CCC(C[OH+]c3ccc(C4=CCC(C(=O)[NH+]5Cc6ccccc6C5)CC4)cc3)CC2)n1. The van der Waals surface area contributed by atoms with Gasteiger partial charge in [0.25, 0.3) is 5.75 Å². The van der Waals surface area contributed by atoms with E-state index in [2.05, 4.69) is 83.5 Å². The first-order chi connectivity index (χ1) is 19.0. The summed E-state index contributed by atoms with van der Waals surface area (Å²) in [6.45, 7) is 8.55. The van der Waals surface area contributed by atoms with Gasteiger partial charge in [-0.05, 0) is 55.4 Å². The molecule has 2 aliphatic heterocycles. The quantitative estimate of drug-likeness (QED) is 0.452. The molecule has 1 aromatic heterocycles. The smallest absolute Gasteiger partial charge is 0.324 e. The van der Waals surface area contributed by atoms with Gasteiger partial charge in [0, 0.05) is 48.2 Å². The molecule has 1 unspecified atom stereocenters. The predicted octanol–water partition coefficient (Wildman–Crippen LogP) is 4.66. The van der Waals surface area contributed by atoms with Gasteiger partial charge in [-0.15, -0.1) is 0 Å². The lowest BCUT2D eigenvalue weighted by atomic mass is 9.86. The number of aromatic nitrogens is 2. The maximum absolute atomic E-state index is 13.2. The number of amides is 1. The molecular formula is C32H40N4O3+2. The number of fused-ring (bicyclic) bond motifs is 1. The van der Waals surface area contributed by atoms with Crippen LogP contribution < -0.4 is 9.80 Å². The summed E-state index contributed by atoms with van der Waals surface area (Å²) in [7, 11) is 0. The highest BCUT2D eigenvalue weighted by Crippen LogP contribution is 2.32. The molecule has 0 radical (unpaired) electrons. The molecule has 6 rings (SSSR count). The summed E-state index contributed by atoms with van der Waals surface area (Å²) in [4.78, 5) is 21.0. The maximum atomic E-state index is 13.2. The molecular weight excluding hydrogens is 488 g/mol. The number of hydrogen-bond acceptors (Lipinski definition) is 5. The first-order valence-electron chi connectivity index (χ1n) is 14.5. The van der Waals surface area contributed by atoms with Crippen molar-refractivity contribution in [3.8, 4) is 5.75 Å². The Morgan fingerprint density at radius 1 is 1.05 bits per heavy atom. The van der Waals surface area contributed by atoms with Crippen LogP contribution in [0.3, 0.4) is 0 Å². The first-order valence-corrected chi connectivity index (χ1v) is 14.5. The third-order valence-corrected chi connectivity index (χ3v) is 8.66. The molecule has 0 saturated carbocycles. The molecule has 0 spiro atoms. The summed E-state index contributed by atoms with van der Waals surface area (Å²) in [5.41, 5.74) is 5.27. The highest BCUT2D eigenvalue weighted by molar-refractivity contribution is 5.74. The van der Waals surface area contributed by atoms with E-state index in [0.29, 0.717) is 17.8 Å². The van der Waals surface area contributed by atoms with Crippen molar-refractivity contribution in [1.29, 1.82) is 0 Å². The molecule has 1 amide bonds. The van der Waals surface area contributed by atoms with Gasteiger partial charge >= 0.3 is 11.9 Å². The number of hydrogen-bond donors (Lipinski definition) is 1. The molecule has 2 aromatic carbocycles. The van der Waals surface area contributed by atoms with Crippen LogP contribution in [0.2, 0.25) is 0 Å². The van der Waals surface area contributed by atoms with Crippen molar-refractivity contribution >= 4 is 17.5 Å². The third kappa shape index (κ3) is 5.78. The molecule has 1 fully saturated rings. The monoisotopic (exact) mass is 528 g/mol. The summed E-state index contributed by atoms with van der Waals surface area (Å²) < 4.78 is 10.4. The van der Waals surface area contributed by atoms with E-state index in [4.69, 9.17) is 9.26 Å². The molecule has 2 N–H and O–H groups in total. The minimum atomic E-state index is 0.135. The number of carbonyl (C=O) groups is 1. The van der Waals surface area contributed by atoms with Crippen molar-refractivity contribution in [3.05, 3.63) is 77.1 Å². The number of allylic oxidation sites excluding steroid dienone is 2. The van der Waals surface area contributed by atoms with Crippen LogP contribution in [-0.4, -0.2) is 40.5 Å². The highest BCUT2D eigenvalue weighted by Gasteiger charge is 2.34. The summed E-state index contributed by atoms with van der Waals surface area (Å²) in [5.74, 6) is 3.20. The van der Waals surface area contributed by atoms with E-state index in [-0.39, 0.29) is 11.8 Å². The Morgan fingerprint density at radius 3 is 2.38 bits per heavy atom. The van der Waals surface area contributed by atoms with Crippen molar-refractivity contribution in [2.24, 2.45) is 11.8 Å². The van der Waals surface area contributed by atoms with Crippen molar-refractivity contribution in [1.82, 2.24) is 10.1 Å². The number of quaternary nitrogens is 1. The second kappa shape index (κ2) is 11.3. The van der Waals surface area contributed by atoms with E-state index >= 15 is 0 Å². The van der Waals surface area contributed by atoms with E-state index in [9.17, 15) is 4.79 Å². The van der Waals surface area contributed by atoms with E-state index in [1.54, 1.807) is 0 Å². The lowest BCUT2D eigenvalue weighted by Crippen LogP contribution is -3.11. The average molecular weight is 529 g/mol. The van der Waals surface area contributed by atoms with Crippen LogP contribution in [0.25, 0.3) is 5.57 Å². The zero-order valence-electron chi connectivity index (χ0n) is 23.1. The summed E-state index contributed by atoms with van der Waals surface area (Å²) in [6, 6.07) is 17.8. The molecule has 204 valence electrons. The van der Waals surface area contributed by atoms with Gasteiger partial charge in [-0.2, -0.15) is 4.98 Å². The third-order valence-electron chi connectivity index (χ3n) is 8.66. The number of carbonyl (C=O) groups excluding carboxylic acids is 1. The summed E-state index contributed by atoms with van der Waals surface area (Å²) in [5, 5.41) is 4.10. The second-order valence-corrected chi connectivity index (χ2v) is 11.7. The number of nitrogens with zero attached hydrogens (tertiary/aromatic N) is 3. The van der Waals surface area contributed by atoms with Crippen LogP contribution in [0, 0.1) is 11.8 Å². The fourth-order valence-electron chi connectivity index (χ4n) is 6.13. The number of anilines is 1. The largest absolute Gasteiger partial charge is 0.582 e. The van der Waals surface area contributed by atoms with Crippen LogP contribution >= 0.6 is 0 Å². The zero-order chi connectivity index (χ0) is 26.8. The second-order valence-electron chi connectivity index (χ2n) is 11.7. The van der Waals surface area contributed by atoms with Gasteiger partial charge in [-0.25, -0.2) is 4.79 Å². The van der Waals surface area contributed by atoms with Gasteiger partial charge in [0.2, 0.25) is 0 Å². The highest BCUT2D eigenvalue weighted by atomic mass is 16.5. The molecule has 39 heavy (non-hydrogen) atoms. The van der Waals surface area contributed by atoms with E-state index < -0.39 is 0 Å².